The largest absolute Gasteiger partial charge is 0.386 e. The number of alkyl halides is 1. The third-order valence-electron chi connectivity index (χ3n) is 7.60. The summed E-state index contributed by atoms with van der Waals surface area (Å²) in [4.78, 5) is 46.3. The highest BCUT2D eigenvalue weighted by Gasteiger charge is 2.52. The van der Waals surface area contributed by atoms with Crippen LogP contribution in [0.2, 0.25) is 0 Å². The van der Waals surface area contributed by atoms with Gasteiger partial charge < -0.3 is 50.2 Å². The molecule has 7 rings (SSSR count). The number of nitrogens with two attached hydrogens (primary N) is 3. The average molecular weight is 722 g/mol. The van der Waals surface area contributed by atoms with Crippen LogP contribution in [0.5, 0.6) is 0 Å². The van der Waals surface area contributed by atoms with E-state index in [1.165, 1.54) is 28.1 Å². The molecular formula is C21H26FN11O9P2S2. The molecule has 248 valence electrons. The summed E-state index contributed by atoms with van der Waals surface area (Å²) in [5.74, 6) is -0.113. The third kappa shape index (κ3) is 5.53. The molecule has 0 aliphatic carbocycles. The molecule has 20 nitrogen and oxygen atoms in total. The topological polar surface area (TPSA) is 281 Å². The maximum atomic E-state index is 16.1. The molecule has 46 heavy (non-hydrogen) atoms. The van der Waals surface area contributed by atoms with Gasteiger partial charge in [0.15, 0.2) is 41.3 Å². The Bertz CT molecular complexity index is 1970. The first-order valence-corrected chi connectivity index (χ1v) is 18.8. The quantitative estimate of drug-likeness (QED) is 0.137. The fraction of sp³-hybridized carbons (Fsp3) is 0.524. The van der Waals surface area contributed by atoms with E-state index >= 15 is 4.39 Å². The van der Waals surface area contributed by atoms with Gasteiger partial charge in [0.2, 0.25) is 12.4 Å². The Morgan fingerprint density at radius 3 is 2.41 bits per heavy atom. The Morgan fingerprint density at radius 1 is 0.978 bits per heavy atom. The number of imidazole rings is 2. The molecule has 25 heteroatoms. The minimum Gasteiger partial charge on any atom is -0.386 e. The Balaban J connectivity index is 1.24. The van der Waals surface area contributed by atoms with E-state index in [9.17, 15) is 14.8 Å². The van der Waals surface area contributed by atoms with Gasteiger partial charge in [-0.15, -0.1) is 0 Å². The molecule has 3 aliphatic rings. The van der Waals surface area contributed by atoms with Gasteiger partial charge in [0, 0.05) is 0 Å². The smallest absolute Gasteiger partial charge is 0.325 e. The SMILES string of the molecule is Nc1nc2c(ncn2[C@@H]2O[C@@H]3COP(O)(=S)O[C@@H]4[C@H](N)[C@@H](COP(=S)(CO)O[C@@H]2[C@@H]3F)O[C@H]4n2cnc3c(N)ncnc32)c(=O)[nH]1. The molecule has 0 radical (unpaired) electrons. The molecule has 4 bridgehead atoms. The molecule has 10 atom stereocenters. The maximum Gasteiger partial charge on any atom is 0.325 e. The van der Waals surface area contributed by atoms with Crippen LogP contribution in [-0.2, 0) is 51.2 Å². The summed E-state index contributed by atoms with van der Waals surface area (Å²) in [5, 5.41) is 10.3. The van der Waals surface area contributed by atoms with Crippen molar-refractivity contribution in [2.75, 3.05) is 31.0 Å². The van der Waals surface area contributed by atoms with E-state index in [-0.39, 0.29) is 40.7 Å². The Labute approximate surface area is 266 Å². The highest BCUT2D eigenvalue weighted by atomic mass is 32.5. The van der Waals surface area contributed by atoms with Crippen molar-refractivity contribution in [1.82, 2.24) is 39.0 Å². The van der Waals surface area contributed by atoms with Crippen molar-refractivity contribution in [2.24, 2.45) is 5.73 Å². The lowest BCUT2D eigenvalue weighted by Crippen LogP contribution is -2.43. The zero-order valence-electron chi connectivity index (χ0n) is 23.2. The molecule has 0 spiro atoms. The van der Waals surface area contributed by atoms with Crippen LogP contribution in [0.1, 0.15) is 12.5 Å². The maximum absolute atomic E-state index is 16.1. The van der Waals surface area contributed by atoms with Crippen LogP contribution in [0.3, 0.4) is 0 Å². The zero-order chi connectivity index (χ0) is 32.5. The predicted octanol–water partition coefficient (Wildman–Crippen LogP) is -1.12. The second-order valence-electron chi connectivity index (χ2n) is 10.5. The van der Waals surface area contributed by atoms with Gasteiger partial charge in [0.25, 0.3) is 5.56 Å². The van der Waals surface area contributed by atoms with E-state index in [0.717, 1.165) is 0 Å². The molecule has 9 N–H and O–H groups in total. The first-order chi connectivity index (χ1) is 21.9. The number of ether oxygens (including phenoxy) is 2. The molecular weight excluding hydrogens is 695 g/mol. The predicted molar refractivity (Wildman–Crippen MR) is 163 cm³/mol. The minimum atomic E-state index is -4.17. The highest BCUT2D eigenvalue weighted by molar-refractivity contribution is 8.09. The van der Waals surface area contributed by atoms with Crippen LogP contribution in [0, 0.1) is 0 Å². The molecule has 0 saturated carbocycles. The number of aromatic nitrogens is 8. The van der Waals surface area contributed by atoms with Crippen LogP contribution >= 0.6 is 13.2 Å². The minimum absolute atomic E-state index is 0.0397. The molecule has 3 aliphatic heterocycles. The summed E-state index contributed by atoms with van der Waals surface area (Å²) >= 11 is 10.9. The number of H-pyrrole nitrogens is 1. The molecule has 4 aromatic heterocycles. The summed E-state index contributed by atoms with van der Waals surface area (Å²) in [7, 11) is 0. The summed E-state index contributed by atoms with van der Waals surface area (Å²) in [6, 6.07) is -1.01. The molecule has 3 fully saturated rings. The molecule has 4 aromatic rings. The van der Waals surface area contributed by atoms with Crippen molar-refractivity contribution >= 4 is 70.9 Å². The van der Waals surface area contributed by atoms with Crippen molar-refractivity contribution in [1.29, 1.82) is 0 Å². The number of rotatable bonds is 3. The van der Waals surface area contributed by atoms with Crippen molar-refractivity contribution in [3.8, 4) is 0 Å². The highest BCUT2D eigenvalue weighted by Crippen LogP contribution is 2.55. The Kier molecular flexibility index (Phi) is 8.20. The van der Waals surface area contributed by atoms with Crippen molar-refractivity contribution in [2.45, 2.75) is 49.1 Å². The van der Waals surface area contributed by atoms with E-state index in [1.54, 1.807) is 0 Å². The van der Waals surface area contributed by atoms with Gasteiger partial charge in [-0.25, -0.2) is 24.3 Å². The number of halogens is 1. The number of fused-ring (bicyclic) bond motifs is 6. The van der Waals surface area contributed by atoms with Crippen LogP contribution in [0.4, 0.5) is 16.2 Å². The number of aliphatic hydroxyl groups is 1. The van der Waals surface area contributed by atoms with Crippen LogP contribution in [0.25, 0.3) is 22.3 Å². The van der Waals surface area contributed by atoms with Gasteiger partial charge in [0.05, 0.1) is 31.9 Å². The van der Waals surface area contributed by atoms with Gasteiger partial charge in [-0.2, -0.15) is 4.98 Å². The molecule has 0 amide bonds. The van der Waals surface area contributed by atoms with E-state index in [2.05, 4.69) is 29.9 Å². The van der Waals surface area contributed by atoms with E-state index in [0.29, 0.717) is 0 Å². The van der Waals surface area contributed by atoms with E-state index in [1.807, 2.05) is 0 Å². The summed E-state index contributed by atoms with van der Waals surface area (Å²) in [6.45, 7) is -8.84. The number of hydrogen-bond acceptors (Lipinski definition) is 18. The van der Waals surface area contributed by atoms with Gasteiger partial charge in [-0.05, 0) is 23.6 Å². The molecule has 0 aromatic carbocycles. The van der Waals surface area contributed by atoms with E-state index < -0.39 is 80.8 Å². The monoisotopic (exact) mass is 721 g/mol. The number of nitrogens with one attached hydrogen (secondary N) is 1. The van der Waals surface area contributed by atoms with E-state index in [4.69, 9.17) is 68.4 Å². The van der Waals surface area contributed by atoms with Crippen molar-refractivity contribution in [3.05, 3.63) is 29.3 Å². The Hall–Kier alpha value is -2.63. The fourth-order valence-corrected chi connectivity index (χ4v) is 8.51. The van der Waals surface area contributed by atoms with Crippen LogP contribution in [-0.4, -0.2) is 105 Å². The number of hydrogen-bond donors (Lipinski definition) is 6. The first-order valence-electron chi connectivity index (χ1n) is 13.4. The van der Waals surface area contributed by atoms with Crippen LogP contribution in [0.15, 0.2) is 23.8 Å². The van der Waals surface area contributed by atoms with Crippen LogP contribution < -0.4 is 22.8 Å². The first kappa shape index (κ1) is 31.9. The normalized spacial score (nSPS) is 37.1. The summed E-state index contributed by atoms with van der Waals surface area (Å²) < 4.78 is 54.3. The fourth-order valence-electron chi connectivity index (χ4n) is 5.43. The van der Waals surface area contributed by atoms with Gasteiger partial charge in [-0.3, -0.25) is 23.4 Å². The van der Waals surface area contributed by atoms with Gasteiger partial charge in [-0.1, -0.05) is 0 Å². The van der Waals surface area contributed by atoms with Gasteiger partial charge >= 0.3 is 6.72 Å². The second kappa shape index (κ2) is 11.8. The third-order valence-corrected chi connectivity index (χ3v) is 11.5. The Morgan fingerprint density at radius 2 is 1.65 bits per heavy atom. The molecule has 2 unspecified atom stereocenters. The lowest BCUT2D eigenvalue weighted by Gasteiger charge is -2.29. The van der Waals surface area contributed by atoms with Crippen molar-refractivity contribution in [3.63, 3.8) is 0 Å². The summed E-state index contributed by atoms with van der Waals surface area (Å²) in [5.41, 5.74) is 18.0. The average Bonchev–Trinajstić information content (AvgIpc) is 3.76. The number of nitrogens with zero attached hydrogens (tertiary/aromatic N) is 7. The van der Waals surface area contributed by atoms with Gasteiger partial charge in [0.1, 0.15) is 42.6 Å². The lowest BCUT2D eigenvalue weighted by atomic mass is 10.1. The summed E-state index contributed by atoms with van der Waals surface area (Å²) in [6.07, 6.45) is -6.57. The second-order valence-corrected chi connectivity index (χ2v) is 16.9. The molecule has 7 heterocycles. The number of aromatic amines is 1. The zero-order valence-corrected chi connectivity index (χ0v) is 26.6. The van der Waals surface area contributed by atoms with Crippen molar-refractivity contribution < 1.29 is 42.0 Å². The number of aliphatic hydroxyl groups excluding tert-OH is 1. The standard InChI is InChI=1S/C21H26FN11O9P2S2/c22-9-7-1-38-44(36,46)42-14-10(23)8(40-20(14)32-4-28-11-15(24)26-3-27-16(11)32)2-37-43(45,6-34)41-13(9)19(39-7)33-5-29-12-17(33)30-21(25)31-18(12)35/h3-5,7-10,13-14,19-20,34H,1-2,6,23H2,(H,36,46)(H2,24,26,27)(H3,25,30,31,35)/t7-,8-,9-,10-,13-,14-,19-,20-,43?,44?/m1/s1. The number of anilines is 2. The molecule has 3 saturated heterocycles. The lowest BCUT2D eigenvalue weighted by molar-refractivity contribution is -0.0586. The number of nitrogen functional groups attached to an aromatic ring is 2.